The molecule has 0 spiro atoms. The fraction of sp³-hybridized carbons (Fsp3) is 1.00. The summed E-state index contributed by atoms with van der Waals surface area (Å²) in [6, 6.07) is 0.839. The van der Waals surface area contributed by atoms with Crippen LogP contribution in [-0.2, 0) is 0 Å². The van der Waals surface area contributed by atoms with Gasteiger partial charge in [0.2, 0.25) is 0 Å². The molecular weight excluding hydrogens is 172 g/mol. The first-order chi connectivity index (χ1) is 6.75. The molecular formula is C12H22N2. The highest BCUT2D eigenvalue weighted by atomic mass is 15.2. The van der Waals surface area contributed by atoms with E-state index in [0.29, 0.717) is 5.41 Å². The average Bonchev–Trinajstić information content (AvgIpc) is 2.80. The molecule has 0 aromatic rings. The molecule has 80 valence electrons. The Morgan fingerprint density at radius 1 is 1.29 bits per heavy atom. The number of hydrogen-bond acceptors (Lipinski definition) is 2. The van der Waals surface area contributed by atoms with Gasteiger partial charge in [-0.3, -0.25) is 0 Å². The zero-order valence-corrected chi connectivity index (χ0v) is 9.26. The Balaban J connectivity index is 1.52. The highest BCUT2D eigenvalue weighted by Crippen LogP contribution is 2.44. The summed E-state index contributed by atoms with van der Waals surface area (Å²) in [5.74, 6) is 0.964. The minimum atomic E-state index is 0.676. The third kappa shape index (κ3) is 1.70. The minimum Gasteiger partial charge on any atom is -0.313 e. The van der Waals surface area contributed by atoms with Crippen molar-refractivity contribution >= 4 is 0 Å². The van der Waals surface area contributed by atoms with Crippen molar-refractivity contribution in [3.05, 3.63) is 0 Å². The number of nitrogens with zero attached hydrogens (tertiary/aromatic N) is 1. The van der Waals surface area contributed by atoms with Crippen molar-refractivity contribution in [2.75, 3.05) is 26.2 Å². The van der Waals surface area contributed by atoms with Crippen molar-refractivity contribution in [3.63, 3.8) is 0 Å². The molecule has 2 bridgehead atoms. The van der Waals surface area contributed by atoms with Gasteiger partial charge >= 0.3 is 0 Å². The van der Waals surface area contributed by atoms with Crippen LogP contribution >= 0.6 is 0 Å². The normalized spacial score (nSPS) is 43.9. The van der Waals surface area contributed by atoms with Crippen molar-refractivity contribution in [3.8, 4) is 0 Å². The summed E-state index contributed by atoms with van der Waals surface area (Å²) in [6.07, 6.45) is 5.72. The SMILES string of the molecule is CC1(CNC2CCN3CCC2C3)CC1. The predicted molar refractivity (Wildman–Crippen MR) is 58.3 cm³/mol. The zero-order valence-electron chi connectivity index (χ0n) is 9.26. The zero-order chi connectivity index (χ0) is 9.60. The lowest BCUT2D eigenvalue weighted by Gasteiger charge is -2.32. The van der Waals surface area contributed by atoms with E-state index < -0.39 is 0 Å². The standard InChI is InChI=1S/C12H22N2/c1-12(4-5-12)9-13-11-3-7-14-6-2-10(11)8-14/h10-11,13H,2-9H2,1H3. The van der Waals surface area contributed by atoms with Gasteiger partial charge in [-0.1, -0.05) is 6.92 Å². The molecule has 2 heterocycles. The van der Waals surface area contributed by atoms with Crippen molar-refractivity contribution in [1.29, 1.82) is 0 Å². The summed E-state index contributed by atoms with van der Waals surface area (Å²) in [6.45, 7) is 7.76. The lowest BCUT2D eigenvalue weighted by molar-refractivity contribution is 0.215. The van der Waals surface area contributed by atoms with Crippen LogP contribution in [0.2, 0.25) is 0 Å². The van der Waals surface area contributed by atoms with Crippen molar-refractivity contribution < 1.29 is 0 Å². The van der Waals surface area contributed by atoms with Crippen LogP contribution < -0.4 is 5.32 Å². The first kappa shape index (κ1) is 9.17. The summed E-state index contributed by atoms with van der Waals surface area (Å²) in [4.78, 5) is 2.63. The van der Waals surface area contributed by atoms with Gasteiger partial charge in [0.1, 0.15) is 0 Å². The molecule has 3 fully saturated rings. The van der Waals surface area contributed by atoms with E-state index in [4.69, 9.17) is 0 Å². The van der Waals surface area contributed by atoms with E-state index in [1.807, 2.05) is 0 Å². The lowest BCUT2D eigenvalue weighted by Crippen LogP contribution is -2.45. The third-order valence-corrected chi connectivity index (χ3v) is 4.53. The highest BCUT2D eigenvalue weighted by molar-refractivity contribution is 4.95. The Hall–Kier alpha value is -0.0800. The molecule has 3 aliphatic rings. The Bertz CT molecular complexity index is 222. The Labute approximate surface area is 87.0 Å². The Morgan fingerprint density at radius 2 is 2.07 bits per heavy atom. The number of fused-ring (bicyclic) bond motifs is 2. The fourth-order valence-electron chi connectivity index (χ4n) is 2.99. The first-order valence-corrected chi connectivity index (χ1v) is 6.21. The molecule has 14 heavy (non-hydrogen) atoms. The summed E-state index contributed by atoms with van der Waals surface area (Å²) in [5.41, 5.74) is 0.676. The van der Waals surface area contributed by atoms with Crippen molar-refractivity contribution in [2.24, 2.45) is 11.3 Å². The predicted octanol–water partition coefficient (Wildman–Crippen LogP) is 1.47. The second-order valence-corrected chi connectivity index (χ2v) is 5.94. The van der Waals surface area contributed by atoms with Gasteiger partial charge in [-0.25, -0.2) is 0 Å². The Kier molecular flexibility index (Phi) is 2.10. The second-order valence-electron chi connectivity index (χ2n) is 5.94. The van der Waals surface area contributed by atoms with E-state index in [9.17, 15) is 0 Å². The van der Waals surface area contributed by atoms with E-state index in [-0.39, 0.29) is 0 Å². The molecule has 1 saturated carbocycles. The van der Waals surface area contributed by atoms with Crippen LogP contribution in [-0.4, -0.2) is 37.1 Å². The highest BCUT2D eigenvalue weighted by Gasteiger charge is 2.39. The third-order valence-electron chi connectivity index (χ3n) is 4.53. The summed E-state index contributed by atoms with van der Waals surface area (Å²) in [7, 11) is 0. The van der Waals surface area contributed by atoms with Gasteiger partial charge in [0.25, 0.3) is 0 Å². The van der Waals surface area contributed by atoms with Gasteiger partial charge in [-0.2, -0.15) is 0 Å². The van der Waals surface area contributed by atoms with Crippen LogP contribution in [0.5, 0.6) is 0 Å². The molecule has 3 atom stereocenters. The van der Waals surface area contributed by atoms with E-state index in [1.165, 1.54) is 51.9 Å². The maximum Gasteiger partial charge on any atom is 0.0120 e. The maximum atomic E-state index is 3.83. The molecule has 2 nitrogen and oxygen atoms in total. The number of nitrogens with one attached hydrogen (secondary N) is 1. The Morgan fingerprint density at radius 3 is 2.86 bits per heavy atom. The van der Waals surface area contributed by atoms with Gasteiger partial charge in [-0.05, 0) is 50.1 Å². The van der Waals surface area contributed by atoms with Crippen LogP contribution in [0.4, 0.5) is 0 Å². The summed E-state index contributed by atoms with van der Waals surface area (Å²) in [5, 5.41) is 3.83. The van der Waals surface area contributed by atoms with Crippen molar-refractivity contribution in [2.45, 2.75) is 38.6 Å². The van der Waals surface area contributed by atoms with Crippen molar-refractivity contribution in [1.82, 2.24) is 10.2 Å². The molecule has 1 N–H and O–H groups in total. The van der Waals surface area contributed by atoms with Gasteiger partial charge < -0.3 is 10.2 Å². The average molecular weight is 194 g/mol. The topological polar surface area (TPSA) is 15.3 Å². The van der Waals surface area contributed by atoms with Gasteiger partial charge in [-0.15, -0.1) is 0 Å². The van der Waals surface area contributed by atoms with E-state index in [0.717, 1.165) is 12.0 Å². The van der Waals surface area contributed by atoms with Gasteiger partial charge in [0.15, 0.2) is 0 Å². The summed E-state index contributed by atoms with van der Waals surface area (Å²) >= 11 is 0. The van der Waals surface area contributed by atoms with Crippen LogP contribution in [0.3, 0.4) is 0 Å². The van der Waals surface area contributed by atoms with Crippen LogP contribution in [0.15, 0.2) is 0 Å². The van der Waals surface area contributed by atoms with Gasteiger partial charge in [0.05, 0.1) is 0 Å². The molecule has 0 aromatic carbocycles. The molecule has 0 radical (unpaired) electrons. The molecule has 2 saturated heterocycles. The molecule has 3 unspecified atom stereocenters. The smallest absolute Gasteiger partial charge is 0.0120 e. The van der Waals surface area contributed by atoms with E-state index in [1.54, 1.807) is 0 Å². The molecule has 2 aliphatic heterocycles. The number of rotatable bonds is 3. The second kappa shape index (κ2) is 3.21. The maximum absolute atomic E-state index is 3.83. The number of hydrogen-bond donors (Lipinski definition) is 1. The largest absolute Gasteiger partial charge is 0.313 e. The van der Waals surface area contributed by atoms with Crippen LogP contribution in [0.25, 0.3) is 0 Å². The molecule has 3 rings (SSSR count). The van der Waals surface area contributed by atoms with E-state index in [2.05, 4.69) is 17.1 Å². The van der Waals surface area contributed by atoms with Crippen LogP contribution in [0.1, 0.15) is 32.6 Å². The van der Waals surface area contributed by atoms with E-state index >= 15 is 0 Å². The lowest BCUT2D eigenvalue weighted by atomic mass is 9.93. The van der Waals surface area contributed by atoms with Gasteiger partial charge in [0, 0.05) is 19.1 Å². The quantitative estimate of drug-likeness (QED) is 0.732. The number of piperidine rings is 1. The van der Waals surface area contributed by atoms with Crippen LogP contribution in [0, 0.1) is 11.3 Å². The fourth-order valence-corrected chi connectivity index (χ4v) is 2.99. The minimum absolute atomic E-state index is 0.676. The molecule has 0 amide bonds. The molecule has 0 aromatic heterocycles. The molecule has 2 heteroatoms. The monoisotopic (exact) mass is 194 g/mol. The molecule has 1 aliphatic carbocycles. The summed E-state index contributed by atoms with van der Waals surface area (Å²) < 4.78 is 0. The first-order valence-electron chi connectivity index (χ1n) is 6.21.